The van der Waals surface area contributed by atoms with Crippen LogP contribution in [0.25, 0.3) is 77.6 Å². The maximum Gasteiger partial charge on any atom is 0.238 e. The minimum absolute atomic E-state index is 0.352. The zero-order chi connectivity index (χ0) is 34.9. The Labute approximate surface area is 292 Å². The van der Waals surface area contributed by atoms with Crippen LogP contribution in [0.4, 0.5) is 5.69 Å². The van der Waals surface area contributed by atoms with Gasteiger partial charge in [-0.3, -0.25) is 4.57 Å². The summed E-state index contributed by atoms with van der Waals surface area (Å²) in [5.74, 6) is 1.31. The Bertz CT molecular complexity index is 2720. The molecule has 6 aromatic carbocycles. The average molecular weight is 651 g/mol. The second-order valence-electron chi connectivity index (χ2n) is 11.7. The predicted molar refractivity (Wildman–Crippen MR) is 196 cm³/mol. The van der Waals surface area contributed by atoms with Crippen LogP contribution < -0.4 is 0 Å². The quantitative estimate of drug-likeness (QED) is 0.171. The van der Waals surface area contributed by atoms with Crippen LogP contribution in [0.15, 0.2) is 133 Å². The lowest BCUT2D eigenvalue weighted by atomic mass is 9.92. The first-order valence-electron chi connectivity index (χ1n) is 15.9. The normalized spacial score (nSPS) is 10.7. The number of nitrogens with zero attached hydrogens (tertiary/aromatic N) is 8. The van der Waals surface area contributed by atoms with E-state index in [9.17, 15) is 15.8 Å². The maximum atomic E-state index is 10.2. The molecule has 0 bridgehead atoms. The highest BCUT2D eigenvalue weighted by Gasteiger charge is 2.23. The van der Waals surface area contributed by atoms with Gasteiger partial charge in [-0.1, -0.05) is 103 Å². The summed E-state index contributed by atoms with van der Waals surface area (Å²) in [7, 11) is 0. The molecule has 51 heavy (non-hydrogen) atoms. The first-order chi connectivity index (χ1) is 25.1. The van der Waals surface area contributed by atoms with Gasteiger partial charge in [-0.25, -0.2) is 9.83 Å². The fraction of sp³-hybridized carbons (Fsp3) is 0. The lowest BCUT2D eigenvalue weighted by Crippen LogP contribution is -2.06. The third-order valence-corrected chi connectivity index (χ3v) is 8.83. The summed E-state index contributed by atoms with van der Waals surface area (Å²) >= 11 is 0. The van der Waals surface area contributed by atoms with Crippen LogP contribution in [-0.2, 0) is 0 Å². The van der Waals surface area contributed by atoms with Crippen LogP contribution in [0, 0.1) is 40.6 Å². The molecule has 0 atom stereocenters. The minimum Gasteiger partial charge on any atom is -0.278 e. The van der Waals surface area contributed by atoms with Gasteiger partial charge in [0.1, 0.15) is 0 Å². The molecule has 2 heterocycles. The number of benzene rings is 6. The number of hydrogen-bond acceptors (Lipinski definition) is 6. The van der Waals surface area contributed by atoms with E-state index in [1.54, 1.807) is 36.4 Å². The molecule has 0 amide bonds. The van der Waals surface area contributed by atoms with Crippen LogP contribution in [0.5, 0.6) is 0 Å². The number of aromatic nitrogens is 4. The van der Waals surface area contributed by atoms with Crippen molar-refractivity contribution >= 4 is 27.5 Å². The summed E-state index contributed by atoms with van der Waals surface area (Å²) < 4.78 is 1.95. The van der Waals surface area contributed by atoms with Crippen LogP contribution >= 0.6 is 0 Å². The van der Waals surface area contributed by atoms with E-state index in [2.05, 4.69) is 23.1 Å². The first kappa shape index (κ1) is 30.4. The standard InChI is InChI=1S/C43H22N8/c1-47-35-19-9-17-32(26-46)39(35)34-18-10-20-36-40(34)33-22-21-29(38-30(24-44)15-8-16-31(38)25-45)23-37(33)51(36)43-49-41(27-11-4-2-5-12-27)48-42(50-43)28-13-6-3-7-14-28/h2-23H. The molecule has 8 rings (SSSR count). The van der Waals surface area contributed by atoms with E-state index in [4.69, 9.17) is 21.5 Å². The number of fused-ring (bicyclic) bond motifs is 3. The fourth-order valence-electron chi connectivity index (χ4n) is 6.60. The largest absolute Gasteiger partial charge is 0.278 e. The minimum atomic E-state index is 0.352. The van der Waals surface area contributed by atoms with Crippen molar-refractivity contribution in [3.05, 3.63) is 162 Å². The van der Waals surface area contributed by atoms with Crippen LogP contribution in [0.2, 0.25) is 0 Å². The highest BCUT2D eigenvalue weighted by molar-refractivity contribution is 6.17. The predicted octanol–water partition coefficient (Wildman–Crippen LogP) is 9.80. The molecule has 0 N–H and O–H groups in total. The molecule has 8 aromatic rings. The lowest BCUT2D eigenvalue weighted by Gasteiger charge is -2.12. The molecule has 0 saturated heterocycles. The topological polar surface area (TPSA) is 119 Å². The van der Waals surface area contributed by atoms with Crippen molar-refractivity contribution < 1.29 is 0 Å². The van der Waals surface area contributed by atoms with Gasteiger partial charge in [0, 0.05) is 38.6 Å². The van der Waals surface area contributed by atoms with Gasteiger partial charge >= 0.3 is 0 Å². The van der Waals surface area contributed by atoms with Gasteiger partial charge in [0.05, 0.1) is 46.9 Å². The molecule has 0 aliphatic rings. The third kappa shape index (κ3) is 5.11. The van der Waals surface area contributed by atoms with E-state index in [1.165, 1.54) is 0 Å². The second kappa shape index (κ2) is 12.6. The molecule has 0 aliphatic carbocycles. The van der Waals surface area contributed by atoms with Gasteiger partial charge in [0.2, 0.25) is 5.95 Å². The molecule has 0 radical (unpaired) electrons. The molecular weight excluding hydrogens is 629 g/mol. The first-order valence-corrected chi connectivity index (χ1v) is 15.9. The molecular formula is C43H22N8. The van der Waals surface area contributed by atoms with E-state index in [-0.39, 0.29) is 0 Å². The van der Waals surface area contributed by atoms with Gasteiger partial charge < -0.3 is 0 Å². The van der Waals surface area contributed by atoms with Crippen LogP contribution in [-0.4, -0.2) is 19.5 Å². The van der Waals surface area contributed by atoms with Crippen LogP contribution in [0.3, 0.4) is 0 Å². The summed E-state index contributed by atoms with van der Waals surface area (Å²) in [5, 5.41) is 31.9. The molecule has 0 fully saturated rings. The van der Waals surface area contributed by atoms with Crippen molar-refractivity contribution in [2.45, 2.75) is 0 Å². The molecule has 234 valence electrons. The van der Waals surface area contributed by atoms with E-state index < -0.39 is 0 Å². The monoisotopic (exact) mass is 650 g/mol. The third-order valence-electron chi connectivity index (χ3n) is 8.83. The average Bonchev–Trinajstić information content (AvgIpc) is 3.54. The SMILES string of the molecule is [C-]#[N+]c1cccc(C#N)c1-c1cccc2c1c1ccc(-c3c(C#N)cccc3C#N)cc1n2-c1nc(-c2ccccc2)nc(-c2ccccc2)n1. The van der Waals surface area contributed by atoms with E-state index in [1.807, 2.05) is 102 Å². The Balaban J connectivity index is 1.53. The Morgan fingerprint density at radius 3 is 1.69 bits per heavy atom. The zero-order valence-corrected chi connectivity index (χ0v) is 26.8. The fourth-order valence-corrected chi connectivity index (χ4v) is 6.60. The van der Waals surface area contributed by atoms with E-state index in [0.29, 0.717) is 67.7 Å². The zero-order valence-electron chi connectivity index (χ0n) is 26.8. The highest BCUT2D eigenvalue weighted by Crippen LogP contribution is 2.44. The summed E-state index contributed by atoms with van der Waals surface area (Å²) in [6.45, 7) is 7.96. The van der Waals surface area contributed by atoms with Crippen molar-refractivity contribution in [1.82, 2.24) is 19.5 Å². The number of nitriles is 3. The summed E-state index contributed by atoms with van der Waals surface area (Å²) in [5.41, 5.74) is 7.00. The summed E-state index contributed by atoms with van der Waals surface area (Å²) in [6, 6.07) is 48.0. The molecule has 0 spiro atoms. The van der Waals surface area contributed by atoms with Gasteiger partial charge in [-0.05, 0) is 41.5 Å². The van der Waals surface area contributed by atoms with Crippen molar-refractivity contribution in [3.8, 4) is 69.2 Å². The number of rotatable bonds is 5. The maximum absolute atomic E-state index is 10.2. The van der Waals surface area contributed by atoms with Crippen LogP contribution in [0.1, 0.15) is 16.7 Å². The van der Waals surface area contributed by atoms with Gasteiger partial charge in [-0.15, -0.1) is 0 Å². The lowest BCUT2D eigenvalue weighted by molar-refractivity contribution is 0.953. The number of hydrogen-bond donors (Lipinski definition) is 0. The summed E-state index contributed by atoms with van der Waals surface area (Å²) in [4.78, 5) is 18.8. The van der Waals surface area contributed by atoms with E-state index >= 15 is 0 Å². The van der Waals surface area contributed by atoms with Crippen molar-refractivity contribution in [2.75, 3.05) is 0 Å². The summed E-state index contributed by atoms with van der Waals surface area (Å²) in [6.07, 6.45) is 0. The smallest absolute Gasteiger partial charge is 0.238 e. The van der Waals surface area contributed by atoms with Gasteiger partial charge in [0.15, 0.2) is 17.3 Å². The Kier molecular flexibility index (Phi) is 7.52. The molecule has 0 saturated carbocycles. The Morgan fingerprint density at radius 1 is 0.529 bits per heavy atom. The highest BCUT2D eigenvalue weighted by atomic mass is 15.2. The van der Waals surface area contributed by atoms with Crippen molar-refractivity contribution in [3.63, 3.8) is 0 Å². The Morgan fingerprint density at radius 2 is 1.10 bits per heavy atom. The molecule has 0 unspecified atom stereocenters. The molecule has 8 heteroatoms. The molecule has 2 aromatic heterocycles. The van der Waals surface area contributed by atoms with Gasteiger partial charge in [0.25, 0.3) is 0 Å². The Hall–Kier alpha value is -7.91. The van der Waals surface area contributed by atoms with Crippen molar-refractivity contribution in [1.29, 1.82) is 15.8 Å². The second-order valence-corrected chi connectivity index (χ2v) is 11.7. The van der Waals surface area contributed by atoms with Gasteiger partial charge in [-0.2, -0.15) is 25.8 Å². The van der Waals surface area contributed by atoms with E-state index in [0.717, 1.165) is 27.4 Å². The van der Waals surface area contributed by atoms with Crippen molar-refractivity contribution in [2.24, 2.45) is 0 Å². The molecule has 0 aliphatic heterocycles. The molecule has 8 nitrogen and oxygen atoms in total.